The quantitative estimate of drug-likeness (QED) is 0.671. The summed E-state index contributed by atoms with van der Waals surface area (Å²) in [6.07, 6.45) is 0.975. The molecule has 0 saturated carbocycles. The molecule has 1 heterocycles. The van der Waals surface area contributed by atoms with Crippen LogP contribution in [0.25, 0.3) is 11.0 Å². The summed E-state index contributed by atoms with van der Waals surface area (Å²) in [4.78, 5) is 14.2. The number of amides is 1. The lowest BCUT2D eigenvalue weighted by Crippen LogP contribution is -2.39. The zero-order chi connectivity index (χ0) is 18.9. The fourth-order valence-electron chi connectivity index (χ4n) is 2.49. The lowest BCUT2D eigenvalue weighted by Gasteiger charge is -2.22. The fourth-order valence-corrected chi connectivity index (χ4v) is 2.92. The molecule has 0 aliphatic rings. The van der Waals surface area contributed by atoms with Crippen LogP contribution in [0.4, 0.5) is 0 Å². The predicted molar refractivity (Wildman–Crippen MR) is 96.3 cm³/mol. The Morgan fingerprint density at radius 3 is 2.08 bits per heavy atom. The second kappa shape index (κ2) is 6.75. The van der Waals surface area contributed by atoms with E-state index in [2.05, 4.69) is 10.2 Å². The second-order valence-corrected chi connectivity index (χ2v) is 7.77. The van der Waals surface area contributed by atoms with Crippen molar-refractivity contribution in [1.82, 2.24) is 19.3 Å². The number of methoxy groups -OCH3 is 1. The Hall–Kier alpha value is -2.94. The Balaban J connectivity index is 2.12. The van der Waals surface area contributed by atoms with Crippen molar-refractivity contribution >= 4 is 27.0 Å². The van der Waals surface area contributed by atoms with Crippen LogP contribution in [0, 0.1) is 0 Å². The van der Waals surface area contributed by atoms with Gasteiger partial charge >= 0.3 is 0 Å². The van der Waals surface area contributed by atoms with Gasteiger partial charge < -0.3 is 4.74 Å². The molecule has 0 saturated heterocycles. The Bertz CT molecular complexity index is 1010. The molecule has 3 aromatic rings. The largest absolute Gasteiger partial charge is 0.497 e. The molecule has 0 aliphatic carbocycles. The standard InChI is InChI=1S/C17H18N4O4S/c1-20(26(3,23)24)17(22)16(12-8-10-13(25-2)11-9-12)21-18-14-6-4-5-7-15(14)19-21/h4-11,16H,1-3H3/t16-/m1/s1. The van der Waals surface area contributed by atoms with Gasteiger partial charge in [-0.15, -0.1) is 0 Å². The highest BCUT2D eigenvalue weighted by Gasteiger charge is 2.32. The van der Waals surface area contributed by atoms with Gasteiger partial charge in [-0.3, -0.25) is 4.79 Å². The first kappa shape index (κ1) is 17.9. The summed E-state index contributed by atoms with van der Waals surface area (Å²) in [5.74, 6) is -0.0343. The number of fused-ring (bicyclic) bond motifs is 1. The van der Waals surface area contributed by atoms with Gasteiger partial charge in [0, 0.05) is 7.05 Å². The van der Waals surface area contributed by atoms with Gasteiger partial charge in [0.2, 0.25) is 10.0 Å². The number of rotatable bonds is 5. The Morgan fingerprint density at radius 2 is 1.62 bits per heavy atom. The van der Waals surface area contributed by atoms with Crippen LogP contribution in [0.1, 0.15) is 11.6 Å². The zero-order valence-corrected chi connectivity index (χ0v) is 15.3. The number of ether oxygens (including phenoxy) is 1. The summed E-state index contributed by atoms with van der Waals surface area (Å²) < 4.78 is 29.5. The molecule has 0 N–H and O–H groups in total. The molecule has 0 spiro atoms. The van der Waals surface area contributed by atoms with E-state index in [0.29, 0.717) is 26.7 Å². The van der Waals surface area contributed by atoms with Crippen molar-refractivity contribution in [2.24, 2.45) is 0 Å². The molecule has 0 unspecified atom stereocenters. The van der Waals surface area contributed by atoms with Crippen molar-refractivity contribution in [2.75, 3.05) is 20.4 Å². The van der Waals surface area contributed by atoms with E-state index in [1.54, 1.807) is 36.4 Å². The lowest BCUT2D eigenvalue weighted by molar-refractivity contribution is -0.128. The van der Waals surface area contributed by atoms with Crippen molar-refractivity contribution in [3.8, 4) is 5.75 Å². The number of aromatic nitrogens is 3. The number of likely N-dealkylation sites (N-methyl/N-ethyl adjacent to an activating group) is 1. The normalized spacial score (nSPS) is 12.7. The van der Waals surface area contributed by atoms with Gasteiger partial charge in [-0.05, 0) is 29.8 Å². The van der Waals surface area contributed by atoms with Crippen LogP contribution in [-0.2, 0) is 14.8 Å². The summed E-state index contributed by atoms with van der Waals surface area (Å²) in [7, 11) is -0.958. The molecule has 1 atom stereocenters. The SMILES string of the molecule is COc1ccc([C@H](C(=O)N(C)S(C)(=O)=O)n2nc3ccccc3n2)cc1. The minimum Gasteiger partial charge on any atom is -0.497 e. The van der Waals surface area contributed by atoms with Crippen molar-refractivity contribution in [2.45, 2.75) is 6.04 Å². The summed E-state index contributed by atoms with van der Waals surface area (Å²) in [5, 5.41) is 8.70. The summed E-state index contributed by atoms with van der Waals surface area (Å²) >= 11 is 0. The maximum atomic E-state index is 12.9. The fraction of sp³-hybridized carbons (Fsp3) is 0.235. The smallest absolute Gasteiger partial charge is 0.267 e. The van der Waals surface area contributed by atoms with Crippen molar-refractivity contribution in [1.29, 1.82) is 0 Å². The number of hydrogen-bond acceptors (Lipinski definition) is 6. The van der Waals surface area contributed by atoms with Gasteiger partial charge in [0.05, 0.1) is 13.4 Å². The number of carbonyl (C=O) groups is 1. The summed E-state index contributed by atoms with van der Waals surface area (Å²) in [6, 6.07) is 12.9. The van der Waals surface area contributed by atoms with E-state index in [9.17, 15) is 13.2 Å². The highest BCUT2D eigenvalue weighted by atomic mass is 32.2. The van der Waals surface area contributed by atoms with Crippen LogP contribution in [0.2, 0.25) is 0 Å². The monoisotopic (exact) mass is 374 g/mol. The maximum absolute atomic E-state index is 12.9. The van der Waals surface area contributed by atoms with Gasteiger partial charge in [-0.1, -0.05) is 24.3 Å². The van der Waals surface area contributed by atoms with Crippen LogP contribution >= 0.6 is 0 Å². The van der Waals surface area contributed by atoms with Crippen LogP contribution in [0.5, 0.6) is 5.75 Å². The number of benzene rings is 2. The van der Waals surface area contributed by atoms with E-state index in [1.165, 1.54) is 19.0 Å². The molecule has 9 heteroatoms. The van der Waals surface area contributed by atoms with Gasteiger partial charge in [-0.25, -0.2) is 12.7 Å². The van der Waals surface area contributed by atoms with E-state index in [1.807, 2.05) is 12.1 Å². The van der Waals surface area contributed by atoms with Crippen LogP contribution in [-0.4, -0.2) is 54.0 Å². The van der Waals surface area contributed by atoms with Crippen LogP contribution in [0.15, 0.2) is 48.5 Å². The molecule has 136 valence electrons. The van der Waals surface area contributed by atoms with Crippen molar-refractivity contribution < 1.29 is 17.9 Å². The van der Waals surface area contributed by atoms with E-state index >= 15 is 0 Å². The molecule has 0 radical (unpaired) electrons. The molecule has 0 aliphatic heterocycles. The molecular weight excluding hydrogens is 356 g/mol. The topological polar surface area (TPSA) is 94.4 Å². The van der Waals surface area contributed by atoms with E-state index in [0.717, 1.165) is 6.26 Å². The first-order chi connectivity index (χ1) is 12.3. The number of nitrogens with zero attached hydrogens (tertiary/aromatic N) is 4. The highest BCUT2D eigenvalue weighted by Crippen LogP contribution is 2.24. The number of hydrogen-bond donors (Lipinski definition) is 0. The molecule has 0 bridgehead atoms. The lowest BCUT2D eigenvalue weighted by atomic mass is 10.1. The summed E-state index contributed by atoms with van der Waals surface area (Å²) in [6.45, 7) is 0. The molecule has 1 aromatic heterocycles. The minimum atomic E-state index is -3.72. The summed E-state index contributed by atoms with van der Waals surface area (Å²) in [5.41, 5.74) is 1.77. The molecule has 3 rings (SSSR count). The third-order valence-electron chi connectivity index (χ3n) is 4.01. The molecule has 26 heavy (non-hydrogen) atoms. The Labute approximate surface area is 151 Å². The maximum Gasteiger partial charge on any atom is 0.267 e. The Morgan fingerprint density at radius 1 is 1.08 bits per heavy atom. The zero-order valence-electron chi connectivity index (χ0n) is 14.5. The van der Waals surface area contributed by atoms with Crippen LogP contribution < -0.4 is 4.74 Å². The molecule has 2 aromatic carbocycles. The third kappa shape index (κ3) is 3.38. The van der Waals surface area contributed by atoms with Gasteiger partial charge in [0.25, 0.3) is 5.91 Å². The first-order valence-corrected chi connectivity index (χ1v) is 9.59. The van der Waals surface area contributed by atoms with E-state index < -0.39 is 22.0 Å². The van der Waals surface area contributed by atoms with E-state index in [-0.39, 0.29) is 0 Å². The number of carbonyl (C=O) groups excluding carboxylic acids is 1. The van der Waals surface area contributed by atoms with Gasteiger partial charge in [0.1, 0.15) is 16.8 Å². The third-order valence-corrected chi connectivity index (χ3v) is 5.18. The van der Waals surface area contributed by atoms with Crippen molar-refractivity contribution in [3.05, 3.63) is 54.1 Å². The van der Waals surface area contributed by atoms with E-state index in [4.69, 9.17) is 4.74 Å². The molecule has 1 amide bonds. The van der Waals surface area contributed by atoms with Crippen molar-refractivity contribution in [3.63, 3.8) is 0 Å². The molecule has 0 fully saturated rings. The average Bonchev–Trinajstić information content (AvgIpc) is 3.04. The first-order valence-electron chi connectivity index (χ1n) is 7.74. The van der Waals surface area contributed by atoms with Gasteiger partial charge in [-0.2, -0.15) is 15.0 Å². The average molecular weight is 374 g/mol. The van der Waals surface area contributed by atoms with Gasteiger partial charge in [0.15, 0.2) is 6.04 Å². The minimum absolute atomic E-state index is 0.548. The Kier molecular flexibility index (Phi) is 4.64. The predicted octanol–water partition coefficient (Wildman–Crippen LogP) is 1.45. The highest BCUT2D eigenvalue weighted by molar-refractivity contribution is 7.88. The number of sulfonamides is 1. The second-order valence-electron chi connectivity index (χ2n) is 5.75. The molecular formula is C17H18N4O4S. The van der Waals surface area contributed by atoms with Crippen LogP contribution in [0.3, 0.4) is 0 Å². The molecule has 8 nitrogen and oxygen atoms in total.